The van der Waals surface area contributed by atoms with Crippen LogP contribution in [0.3, 0.4) is 0 Å². The number of carboxylic acids is 1. The highest BCUT2D eigenvalue weighted by molar-refractivity contribution is 5.92. The molecule has 0 aromatic heterocycles. The molecule has 3 rings (SSSR count). The van der Waals surface area contributed by atoms with Crippen molar-refractivity contribution in [1.29, 1.82) is 5.26 Å². The van der Waals surface area contributed by atoms with Crippen molar-refractivity contribution in [2.45, 2.75) is 26.2 Å². The molecule has 0 saturated heterocycles. The smallest absolute Gasteiger partial charge is 0.303 e. The molecule has 3 aromatic carbocycles. The SMILES string of the molecule is CCc1cc(Oc2ccc(C#N)c3ccccc23)ccc1CCC(=O)O. The van der Waals surface area contributed by atoms with E-state index in [0.717, 1.165) is 28.3 Å². The van der Waals surface area contributed by atoms with Crippen LogP contribution >= 0.6 is 0 Å². The lowest BCUT2D eigenvalue weighted by atomic mass is 10.0. The molecule has 1 N–H and O–H groups in total. The van der Waals surface area contributed by atoms with E-state index in [1.165, 1.54) is 0 Å². The molecule has 0 radical (unpaired) electrons. The Labute approximate surface area is 152 Å². The van der Waals surface area contributed by atoms with Gasteiger partial charge in [0, 0.05) is 17.2 Å². The quantitative estimate of drug-likeness (QED) is 0.676. The molecule has 0 atom stereocenters. The van der Waals surface area contributed by atoms with Gasteiger partial charge in [-0.05, 0) is 48.2 Å². The zero-order chi connectivity index (χ0) is 18.5. The van der Waals surface area contributed by atoms with E-state index >= 15 is 0 Å². The Kier molecular flexibility index (Phi) is 5.19. The van der Waals surface area contributed by atoms with Crippen LogP contribution in [0, 0.1) is 11.3 Å². The predicted octanol–water partition coefficient (Wildman–Crippen LogP) is 5.08. The summed E-state index contributed by atoms with van der Waals surface area (Å²) in [6.07, 6.45) is 1.44. The van der Waals surface area contributed by atoms with Gasteiger partial charge < -0.3 is 9.84 Å². The maximum atomic E-state index is 10.8. The number of nitrogens with zero attached hydrogens (tertiary/aromatic N) is 1. The first kappa shape index (κ1) is 17.5. The number of aliphatic carboxylic acids is 1. The number of aryl methyl sites for hydroxylation is 2. The molecule has 0 bridgehead atoms. The van der Waals surface area contributed by atoms with Crippen molar-refractivity contribution in [3.63, 3.8) is 0 Å². The summed E-state index contributed by atoms with van der Waals surface area (Å²) in [6.45, 7) is 2.04. The summed E-state index contributed by atoms with van der Waals surface area (Å²) in [5.74, 6) is 0.604. The molecule has 0 amide bonds. The van der Waals surface area contributed by atoms with E-state index in [-0.39, 0.29) is 6.42 Å². The number of carboxylic acid groups (broad SMARTS) is 1. The molecule has 4 heteroatoms. The second-order valence-corrected chi connectivity index (χ2v) is 6.05. The fourth-order valence-electron chi connectivity index (χ4n) is 3.07. The molecule has 0 unspecified atom stereocenters. The Morgan fingerprint density at radius 2 is 1.85 bits per heavy atom. The van der Waals surface area contributed by atoms with Crippen molar-refractivity contribution in [3.8, 4) is 17.6 Å². The van der Waals surface area contributed by atoms with Crippen molar-refractivity contribution in [2.75, 3.05) is 0 Å². The van der Waals surface area contributed by atoms with Crippen LogP contribution in [0.4, 0.5) is 0 Å². The second-order valence-electron chi connectivity index (χ2n) is 6.05. The van der Waals surface area contributed by atoms with Crippen LogP contribution in [-0.4, -0.2) is 11.1 Å². The number of carbonyl (C=O) groups is 1. The monoisotopic (exact) mass is 345 g/mol. The van der Waals surface area contributed by atoms with E-state index in [2.05, 4.69) is 6.07 Å². The van der Waals surface area contributed by atoms with E-state index < -0.39 is 5.97 Å². The first-order valence-electron chi connectivity index (χ1n) is 8.55. The zero-order valence-electron chi connectivity index (χ0n) is 14.5. The standard InChI is InChI=1S/C22H19NO3/c1-2-15-13-18(10-7-16(15)9-12-22(24)25)26-21-11-8-17(14-23)19-5-3-4-6-20(19)21/h3-8,10-11,13H,2,9,12H2,1H3,(H,24,25). The molecular formula is C22H19NO3. The summed E-state index contributed by atoms with van der Waals surface area (Å²) < 4.78 is 6.09. The van der Waals surface area contributed by atoms with Gasteiger partial charge in [-0.15, -0.1) is 0 Å². The zero-order valence-corrected chi connectivity index (χ0v) is 14.5. The largest absolute Gasteiger partial charge is 0.481 e. The van der Waals surface area contributed by atoms with Crippen LogP contribution in [0.2, 0.25) is 0 Å². The molecular weight excluding hydrogens is 326 g/mol. The molecule has 0 saturated carbocycles. The maximum Gasteiger partial charge on any atom is 0.303 e. The molecule has 0 spiro atoms. The minimum absolute atomic E-state index is 0.119. The van der Waals surface area contributed by atoms with E-state index in [1.807, 2.05) is 55.5 Å². The Hall–Kier alpha value is -3.32. The van der Waals surface area contributed by atoms with Gasteiger partial charge >= 0.3 is 5.97 Å². The van der Waals surface area contributed by atoms with Crippen molar-refractivity contribution >= 4 is 16.7 Å². The van der Waals surface area contributed by atoms with Crippen molar-refractivity contribution in [3.05, 3.63) is 71.3 Å². The molecule has 0 aliphatic carbocycles. The minimum Gasteiger partial charge on any atom is -0.481 e. The summed E-state index contributed by atoms with van der Waals surface area (Å²) in [5.41, 5.74) is 2.74. The van der Waals surface area contributed by atoms with Gasteiger partial charge in [-0.25, -0.2) is 0 Å². The number of fused-ring (bicyclic) bond motifs is 1. The summed E-state index contributed by atoms with van der Waals surface area (Å²) in [5, 5.41) is 19.9. The van der Waals surface area contributed by atoms with Crippen LogP contribution in [0.15, 0.2) is 54.6 Å². The Morgan fingerprint density at radius 1 is 1.08 bits per heavy atom. The molecule has 3 aromatic rings. The highest BCUT2D eigenvalue weighted by Gasteiger charge is 2.10. The molecule has 0 aliphatic rings. The van der Waals surface area contributed by atoms with Gasteiger partial charge in [0.25, 0.3) is 0 Å². The van der Waals surface area contributed by atoms with Crippen molar-refractivity contribution in [2.24, 2.45) is 0 Å². The molecule has 0 aliphatic heterocycles. The summed E-state index contributed by atoms with van der Waals surface area (Å²) in [4.78, 5) is 10.8. The van der Waals surface area contributed by atoms with E-state index in [4.69, 9.17) is 9.84 Å². The third-order valence-corrected chi connectivity index (χ3v) is 4.40. The number of benzene rings is 3. The van der Waals surface area contributed by atoms with Gasteiger partial charge in [0.15, 0.2) is 0 Å². The van der Waals surface area contributed by atoms with Gasteiger partial charge in [-0.3, -0.25) is 4.79 Å². The molecule has 26 heavy (non-hydrogen) atoms. The molecule has 0 heterocycles. The second kappa shape index (κ2) is 7.71. The molecule has 130 valence electrons. The van der Waals surface area contributed by atoms with E-state index in [9.17, 15) is 10.1 Å². The Morgan fingerprint density at radius 3 is 2.54 bits per heavy atom. The third kappa shape index (κ3) is 3.68. The third-order valence-electron chi connectivity index (χ3n) is 4.40. The first-order chi connectivity index (χ1) is 12.6. The molecule has 4 nitrogen and oxygen atoms in total. The highest BCUT2D eigenvalue weighted by Crippen LogP contribution is 2.32. The normalized spacial score (nSPS) is 10.5. The number of hydrogen-bond acceptors (Lipinski definition) is 3. The number of rotatable bonds is 6. The lowest BCUT2D eigenvalue weighted by Crippen LogP contribution is -2.00. The number of nitriles is 1. The van der Waals surface area contributed by atoms with Crippen LogP contribution in [0.1, 0.15) is 30.0 Å². The minimum atomic E-state index is -0.795. The Balaban J connectivity index is 1.93. The van der Waals surface area contributed by atoms with Crippen LogP contribution in [0.25, 0.3) is 10.8 Å². The van der Waals surface area contributed by atoms with Gasteiger partial charge in [0.1, 0.15) is 11.5 Å². The lowest BCUT2D eigenvalue weighted by molar-refractivity contribution is -0.136. The number of hydrogen-bond donors (Lipinski definition) is 1. The van der Waals surface area contributed by atoms with Gasteiger partial charge in [-0.2, -0.15) is 5.26 Å². The van der Waals surface area contributed by atoms with Crippen LogP contribution in [0.5, 0.6) is 11.5 Å². The average Bonchev–Trinajstić information content (AvgIpc) is 2.67. The average molecular weight is 345 g/mol. The van der Waals surface area contributed by atoms with Crippen LogP contribution < -0.4 is 4.74 Å². The Bertz CT molecular complexity index is 1000. The number of ether oxygens (including phenoxy) is 1. The summed E-state index contributed by atoms with van der Waals surface area (Å²) in [7, 11) is 0. The fraction of sp³-hybridized carbons (Fsp3) is 0.182. The van der Waals surface area contributed by atoms with Crippen molar-refractivity contribution < 1.29 is 14.6 Å². The lowest BCUT2D eigenvalue weighted by Gasteiger charge is -2.13. The van der Waals surface area contributed by atoms with Gasteiger partial charge in [0.2, 0.25) is 0 Å². The summed E-state index contributed by atoms with van der Waals surface area (Å²) in [6, 6.07) is 19.2. The first-order valence-corrected chi connectivity index (χ1v) is 8.55. The van der Waals surface area contributed by atoms with Gasteiger partial charge in [0.05, 0.1) is 11.6 Å². The van der Waals surface area contributed by atoms with E-state index in [1.54, 1.807) is 6.07 Å². The van der Waals surface area contributed by atoms with Crippen LogP contribution in [-0.2, 0) is 17.6 Å². The predicted molar refractivity (Wildman–Crippen MR) is 101 cm³/mol. The van der Waals surface area contributed by atoms with E-state index in [0.29, 0.717) is 23.5 Å². The van der Waals surface area contributed by atoms with Crippen molar-refractivity contribution in [1.82, 2.24) is 0 Å². The summed E-state index contributed by atoms with van der Waals surface area (Å²) >= 11 is 0. The molecule has 0 fully saturated rings. The maximum absolute atomic E-state index is 10.8. The van der Waals surface area contributed by atoms with Gasteiger partial charge in [-0.1, -0.05) is 37.3 Å². The fourth-order valence-corrected chi connectivity index (χ4v) is 3.07. The highest BCUT2D eigenvalue weighted by atomic mass is 16.5. The topological polar surface area (TPSA) is 70.3 Å².